The molecule has 1 aliphatic rings. The molecule has 0 spiro atoms. The van der Waals surface area contributed by atoms with Crippen molar-refractivity contribution in [2.45, 2.75) is 6.29 Å². The number of halogens is 4. The van der Waals surface area contributed by atoms with Crippen LogP contribution in [-0.4, -0.2) is 45.0 Å². The van der Waals surface area contributed by atoms with Gasteiger partial charge >= 0.3 is 0 Å². The zero-order valence-electron chi connectivity index (χ0n) is 9.47. The highest BCUT2D eigenvalue weighted by Gasteiger charge is 2.21. The van der Waals surface area contributed by atoms with Gasteiger partial charge in [0.15, 0.2) is 6.29 Å². The van der Waals surface area contributed by atoms with Crippen LogP contribution in [0.4, 0.5) is 0 Å². The Morgan fingerprint density at radius 3 is 1.76 bits per heavy atom. The van der Waals surface area contributed by atoms with Gasteiger partial charge in [-0.25, -0.2) is 0 Å². The van der Waals surface area contributed by atoms with Crippen LogP contribution in [-0.2, 0) is 9.47 Å². The fourth-order valence-corrected chi connectivity index (χ4v) is 3.78. The summed E-state index contributed by atoms with van der Waals surface area (Å²) in [5.74, 6) is 0. The van der Waals surface area contributed by atoms with E-state index in [0.29, 0.717) is 6.54 Å². The lowest BCUT2D eigenvalue weighted by molar-refractivity contribution is -0.114. The molecule has 0 aromatic rings. The normalized spacial score (nSPS) is 19.2. The maximum Gasteiger partial charge on any atom is 0.169 e. The maximum absolute atomic E-state index is 5.22. The van der Waals surface area contributed by atoms with Crippen molar-refractivity contribution in [3.05, 3.63) is 17.9 Å². The number of allylic oxidation sites excluding steroid dienone is 2. The van der Waals surface area contributed by atoms with Crippen LogP contribution in [0.2, 0.25) is 0 Å². The van der Waals surface area contributed by atoms with E-state index in [2.05, 4.69) is 68.6 Å². The minimum Gasteiger partial charge on any atom is -0.355 e. The third kappa shape index (κ3) is 4.71. The quantitative estimate of drug-likeness (QED) is 0.549. The molecule has 0 atom stereocenters. The molecule has 0 N–H and O–H groups in total. The Morgan fingerprint density at radius 2 is 1.41 bits per heavy atom. The fraction of sp³-hybridized carbons (Fsp3) is 0.600. The van der Waals surface area contributed by atoms with Crippen LogP contribution < -0.4 is 0 Å². The largest absolute Gasteiger partial charge is 0.355 e. The van der Waals surface area contributed by atoms with Gasteiger partial charge < -0.3 is 9.47 Å². The van der Waals surface area contributed by atoms with Crippen LogP contribution in [0.1, 0.15) is 0 Å². The molecule has 0 aromatic carbocycles. The number of rotatable bonds is 4. The van der Waals surface area contributed by atoms with Gasteiger partial charge in [0.25, 0.3) is 0 Å². The summed E-state index contributed by atoms with van der Waals surface area (Å²) >= 11 is 14.2. The standard InChI is InChI=1S/C10H13Br4NO2/c1-16-8(17-2)5-15-3-6(11)9(13)10(14)7(12)4-15/h8H,3-5H2,1-2H3. The van der Waals surface area contributed by atoms with Crippen molar-refractivity contribution < 1.29 is 9.47 Å². The van der Waals surface area contributed by atoms with E-state index in [1.54, 1.807) is 14.2 Å². The summed E-state index contributed by atoms with van der Waals surface area (Å²) in [5.41, 5.74) is 0. The van der Waals surface area contributed by atoms with Crippen LogP contribution in [0.3, 0.4) is 0 Å². The van der Waals surface area contributed by atoms with E-state index >= 15 is 0 Å². The second-order valence-corrected chi connectivity index (χ2v) is 7.01. The van der Waals surface area contributed by atoms with Gasteiger partial charge in [-0.15, -0.1) is 0 Å². The molecule has 0 aliphatic carbocycles. The number of hydrogen-bond donors (Lipinski definition) is 0. The Kier molecular flexibility index (Phi) is 7.46. The Bertz CT molecular complexity index is 313. The van der Waals surface area contributed by atoms with Crippen molar-refractivity contribution in [1.82, 2.24) is 4.90 Å². The molecule has 7 heteroatoms. The van der Waals surface area contributed by atoms with E-state index in [0.717, 1.165) is 31.0 Å². The summed E-state index contributed by atoms with van der Waals surface area (Å²) in [6.45, 7) is 2.31. The first-order chi connectivity index (χ1) is 7.99. The molecule has 3 nitrogen and oxygen atoms in total. The van der Waals surface area contributed by atoms with Crippen molar-refractivity contribution in [1.29, 1.82) is 0 Å². The second kappa shape index (κ2) is 7.77. The highest BCUT2D eigenvalue weighted by Crippen LogP contribution is 2.36. The van der Waals surface area contributed by atoms with Gasteiger partial charge in [-0.1, -0.05) is 31.9 Å². The van der Waals surface area contributed by atoms with Crippen molar-refractivity contribution in [3.8, 4) is 0 Å². The zero-order valence-corrected chi connectivity index (χ0v) is 15.8. The highest BCUT2D eigenvalue weighted by atomic mass is 79.9. The number of nitrogens with zero attached hydrogens (tertiary/aromatic N) is 1. The summed E-state index contributed by atoms with van der Waals surface area (Å²) in [6, 6.07) is 0. The lowest BCUT2D eigenvalue weighted by atomic mass is 10.4. The molecule has 0 amide bonds. The first-order valence-corrected chi connectivity index (χ1v) is 8.03. The summed E-state index contributed by atoms with van der Waals surface area (Å²) < 4.78 is 14.7. The number of hydrogen-bond acceptors (Lipinski definition) is 3. The van der Waals surface area contributed by atoms with E-state index in [1.807, 2.05) is 0 Å². The van der Waals surface area contributed by atoms with Gasteiger partial charge in [-0.3, -0.25) is 4.90 Å². The first-order valence-electron chi connectivity index (χ1n) is 4.86. The van der Waals surface area contributed by atoms with Crippen molar-refractivity contribution >= 4 is 63.7 Å². The number of methoxy groups -OCH3 is 2. The lowest BCUT2D eigenvalue weighted by Crippen LogP contribution is -2.35. The minimum absolute atomic E-state index is 0.216. The van der Waals surface area contributed by atoms with Crippen LogP contribution in [0, 0.1) is 0 Å². The average molecular weight is 499 g/mol. The Morgan fingerprint density at radius 1 is 1.00 bits per heavy atom. The molecule has 98 valence electrons. The van der Waals surface area contributed by atoms with Gasteiger partial charge in [0.1, 0.15) is 0 Å². The maximum atomic E-state index is 5.22. The minimum atomic E-state index is -0.216. The van der Waals surface area contributed by atoms with Gasteiger partial charge in [0.05, 0.1) is 6.54 Å². The molecule has 1 heterocycles. The van der Waals surface area contributed by atoms with E-state index in [1.165, 1.54) is 0 Å². The van der Waals surface area contributed by atoms with Crippen LogP contribution in [0.15, 0.2) is 17.9 Å². The Balaban J connectivity index is 2.80. The van der Waals surface area contributed by atoms with Crippen LogP contribution in [0.5, 0.6) is 0 Å². The molecule has 17 heavy (non-hydrogen) atoms. The third-order valence-electron chi connectivity index (χ3n) is 2.33. The molecule has 0 unspecified atom stereocenters. The summed E-state index contributed by atoms with van der Waals surface area (Å²) in [7, 11) is 3.29. The zero-order chi connectivity index (χ0) is 13.0. The van der Waals surface area contributed by atoms with E-state index in [4.69, 9.17) is 9.47 Å². The van der Waals surface area contributed by atoms with Gasteiger partial charge in [0, 0.05) is 45.2 Å². The summed E-state index contributed by atoms with van der Waals surface area (Å²) in [4.78, 5) is 2.22. The van der Waals surface area contributed by atoms with Gasteiger partial charge in [0.2, 0.25) is 0 Å². The molecule has 0 radical (unpaired) electrons. The second-order valence-electron chi connectivity index (χ2n) is 3.51. The molecule has 0 aromatic heterocycles. The molecule has 0 saturated carbocycles. The molecule has 0 fully saturated rings. The average Bonchev–Trinajstić information content (AvgIpc) is 2.40. The predicted molar refractivity (Wildman–Crippen MR) is 84.0 cm³/mol. The topological polar surface area (TPSA) is 21.7 Å². The molecular weight excluding hydrogens is 486 g/mol. The molecule has 1 rings (SSSR count). The smallest absolute Gasteiger partial charge is 0.169 e. The van der Waals surface area contributed by atoms with E-state index < -0.39 is 0 Å². The fourth-order valence-electron chi connectivity index (χ4n) is 1.41. The monoisotopic (exact) mass is 495 g/mol. The van der Waals surface area contributed by atoms with Gasteiger partial charge in [-0.05, 0) is 31.9 Å². The summed E-state index contributed by atoms with van der Waals surface area (Å²) in [6.07, 6.45) is -0.216. The Hall–Kier alpha value is 1.28. The SMILES string of the molecule is COC(CN1CC(Br)=C(Br)C(Br)=C(Br)C1)OC. The molecular formula is C10H13Br4NO2. The predicted octanol–water partition coefficient (Wildman–Crippen LogP) is 3.92. The molecule has 0 bridgehead atoms. The Labute approximate surface area is 135 Å². The van der Waals surface area contributed by atoms with E-state index in [-0.39, 0.29) is 6.29 Å². The van der Waals surface area contributed by atoms with Crippen LogP contribution >= 0.6 is 63.7 Å². The van der Waals surface area contributed by atoms with Crippen molar-refractivity contribution in [3.63, 3.8) is 0 Å². The van der Waals surface area contributed by atoms with Crippen molar-refractivity contribution in [2.24, 2.45) is 0 Å². The molecule has 0 saturated heterocycles. The first kappa shape index (κ1) is 16.3. The van der Waals surface area contributed by atoms with Crippen LogP contribution in [0.25, 0.3) is 0 Å². The molecule has 1 aliphatic heterocycles. The third-order valence-corrected chi connectivity index (χ3v) is 6.97. The lowest BCUT2D eigenvalue weighted by Gasteiger charge is -2.24. The summed E-state index contributed by atoms with van der Waals surface area (Å²) in [5, 5.41) is 0. The van der Waals surface area contributed by atoms with E-state index in [9.17, 15) is 0 Å². The highest BCUT2D eigenvalue weighted by molar-refractivity contribution is 9.17. The van der Waals surface area contributed by atoms with Crippen molar-refractivity contribution in [2.75, 3.05) is 33.9 Å². The van der Waals surface area contributed by atoms with Gasteiger partial charge in [-0.2, -0.15) is 0 Å². The number of ether oxygens (including phenoxy) is 2.